The fourth-order valence-corrected chi connectivity index (χ4v) is 6.11. The monoisotopic (exact) mass is 418 g/mol. The Labute approximate surface area is 173 Å². The lowest BCUT2D eigenvalue weighted by Crippen LogP contribution is -2.49. The van der Waals surface area contributed by atoms with Crippen LogP contribution in [0.15, 0.2) is 0 Å². The van der Waals surface area contributed by atoms with E-state index in [1.165, 1.54) is 11.3 Å². The van der Waals surface area contributed by atoms with E-state index < -0.39 is 23.4 Å². The summed E-state index contributed by atoms with van der Waals surface area (Å²) < 4.78 is 0. The van der Waals surface area contributed by atoms with Gasteiger partial charge in [0.25, 0.3) is 11.8 Å². The molecule has 0 aromatic carbocycles. The second kappa shape index (κ2) is 7.44. The van der Waals surface area contributed by atoms with Crippen LogP contribution in [0.5, 0.6) is 0 Å². The standard InChI is InChI=1S/C20H26N4O4S/c1-2-11-6-8-20(9-7-11)18(27)24(19(28)23-20)10-14(25)22-17-15(16(21)26)12-4-3-5-13(12)29-17/h11H,2-10H2,1H3,(H2,21,26)(H,22,25)(H,23,28). The molecule has 9 heteroatoms. The first kappa shape index (κ1) is 19.9. The van der Waals surface area contributed by atoms with Gasteiger partial charge in [0.2, 0.25) is 5.91 Å². The van der Waals surface area contributed by atoms with Crippen molar-refractivity contribution in [1.82, 2.24) is 10.2 Å². The van der Waals surface area contributed by atoms with Crippen molar-refractivity contribution in [3.8, 4) is 0 Å². The Balaban J connectivity index is 1.45. The number of carbonyl (C=O) groups is 4. The van der Waals surface area contributed by atoms with Gasteiger partial charge in [0.15, 0.2) is 0 Å². The molecule has 2 aliphatic carbocycles. The van der Waals surface area contributed by atoms with Crippen molar-refractivity contribution in [3.05, 3.63) is 16.0 Å². The zero-order valence-corrected chi connectivity index (χ0v) is 17.3. The molecule has 1 aromatic heterocycles. The van der Waals surface area contributed by atoms with Crippen LogP contribution in [0.3, 0.4) is 0 Å². The highest BCUT2D eigenvalue weighted by molar-refractivity contribution is 7.17. The van der Waals surface area contributed by atoms with Crippen LogP contribution >= 0.6 is 11.3 Å². The summed E-state index contributed by atoms with van der Waals surface area (Å²) in [5, 5.41) is 5.95. The van der Waals surface area contributed by atoms with Crippen LogP contribution in [0.4, 0.5) is 9.80 Å². The smallest absolute Gasteiger partial charge is 0.325 e. The molecule has 29 heavy (non-hydrogen) atoms. The van der Waals surface area contributed by atoms with E-state index in [1.807, 2.05) is 0 Å². The number of nitrogens with one attached hydrogen (secondary N) is 2. The number of carbonyl (C=O) groups excluding carboxylic acids is 4. The molecule has 0 unspecified atom stereocenters. The first-order valence-electron chi connectivity index (χ1n) is 10.2. The summed E-state index contributed by atoms with van der Waals surface area (Å²) in [6.45, 7) is 1.76. The van der Waals surface area contributed by atoms with Crippen molar-refractivity contribution in [2.45, 2.75) is 63.8 Å². The number of fused-ring (bicyclic) bond motifs is 1. The average molecular weight is 419 g/mol. The maximum Gasteiger partial charge on any atom is 0.325 e. The van der Waals surface area contributed by atoms with Gasteiger partial charge in [-0.3, -0.25) is 19.3 Å². The molecule has 8 nitrogen and oxygen atoms in total. The molecule has 2 heterocycles. The number of nitrogens with zero attached hydrogens (tertiary/aromatic N) is 1. The van der Waals surface area contributed by atoms with E-state index in [1.54, 1.807) is 0 Å². The van der Waals surface area contributed by atoms with E-state index in [9.17, 15) is 19.2 Å². The van der Waals surface area contributed by atoms with E-state index in [0.717, 1.165) is 53.9 Å². The zero-order valence-electron chi connectivity index (χ0n) is 16.5. The molecule has 4 rings (SSSR count). The molecule has 4 N–H and O–H groups in total. The average Bonchev–Trinajstić information content (AvgIpc) is 3.31. The fourth-order valence-electron chi connectivity index (χ4n) is 4.80. The number of amides is 5. The van der Waals surface area contributed by atoms with Gasteiger partial charge in [-0.25, -0.2) is 4.79 Å². The third-order valence-corrected chi connectivity index (χ3v) is 7.71. The van der Waals surface area contributed by atoms with Crippen molar-refractivity contribution in [3.63, 3.8) is 0 Å². The molecule has 0 radical (unpaired) electrons. The Morgan fingerprint density at radius 1 is 1.28 bits per heavy atom. The number of anilines is 1. The molecule has 156 valence electrons. The molecule has 0 bridgehead atoms. The molecule has 1 saturated carbocycles. The normalized spacial score (nSPS) is 26.0. The summed E-state index contributed by atoms with van der Waals surface area (Å²) in [7, 11) is 0. The second-order valence-electron chi connectivity index (χ2n) is 8.23. The van der Waals surface area contributed by atoms with Gasteiger partial charge in [0.1, 0.15) is 17.1 Å². The first-order chi connectivity index (χ1) is 13.8. The van der Waals surface area contributed by atoms with Gasteiger partial charge in [-0.15, -0.1) is 11.3 Å². The number of imide groups is 1. The summed E-state index contributed by atoms with van der Waals surface area (Å²) in [4.78, 5) is 51.9. The molecule has 5 amide bonds. The molecule has 0 atom stereocenters. The lowest BCUT2D eigenvalue weighted by Gasteiger charge is -2.34. The molecule has 1 saturated heterocycles. The Kier molecular flexibility index (Phi) is 5.10. The van der Waals surface area contributed by atoms with Gasteiger partial charge >= 0.3 is 6.03 Å². The van der Waals surface area contributed by atoms with Crippen LogP contribution in [-0.2, 0) is 22.4 Å². The van der Waals surface area contributed by atoms with Crippen molar-refractivity contribution in [2.24, 2.45) is 11.7 Å². The van der Waals surface area contributed by atoms with Gasteiger partial charge < -0.3 is 16.4 Å². The van der Waals surface area contributed by atoms with Crippen LogP contribution in [0.25, 0.3) is 0 Å². The van der Waals surface area contributed by atoms with Gasteiger partial charge in [-0.1, -0.05) is 13.3 Å². The maximum atomic E-state index is 13.0. The molecule has 1 aromatic rings. The Morgan fingerprint density at radius 2 is 2.00 bits per heavy atom. The molecular weight excluding hydrogens is 392 g/mol. The molecule has 2 fully saturated rings. The van der Waals surface area contributed by atoms with E-state index in [0.29, 0.717) is 29.3 Å². The highest BCUT2D eigenvalue weighted by Crippen LogP contribution is 2.39. The minimum absolute atomic E-state index is 0.323. The number of urea groups is 1. The van der Waals surface area contributed by atoms with Gasteiger partial charge in [-0.2, -0.15) is 0 Å². The lowest BCUT2D eigenvalue weighted by atomic mass is 9.75. The van der Waals surface area contributed by atoms with Crippen LogP contribution in [-0.4, -0.2) is 40.7 Å². The molecule has 3 aliphatic rings. The van der Waals surface area contributed by atoms with E-state index in [-0.39, 0.29) is 12.5 Å². The van der Waals surface area contributed by atoms with E-state index >= 15 is 0 Å². The summed E-state index contributed by atoms with van der Waals surface area (Å²) in [6.07, 6.45) is 6.68. The Morgan fingerprint density at radius 3 is 2.66 bits per heavy atom. The van der Waals surface area contributed by atoms with Crippen molar-refractivity contribution < 1.29 is 19.2 Å². The minimum atomic E-state index is -0.870. The summed E-state index contributed by atoms with van der Waals surface area (Å²) in [5.41, 5.74) is 5.93. The Bertz CT molecular complexity index is 885. The van der Waals surface area contributed by atoms with E-state index in [4.69, 9.17) is 5.73 Å². The van der Waals surface area contributed by atoms with Crippen molar-refractivity contribution in [1.29, 1.82) is 0 Å². The molecule has 1 spiro atoms. The maximum absolute atomic E-state index is 13.0. The highest BCUT2D eigenvalue weighted by Gasteiger charge is 2.52. The van der Waals surface area contributed by atoms with Crippen molar-refractivity contribution >= 4 is 40.1 Å². The number of rotatable bonds is 5. The molecule has 1 aliphatic heterocycles. The topological polar surface area (TPSA) is 122 Å². The largest absolute Gasteiger partial charge is 0.365 e. The summed E-state index contributed by atoms with van der Waals surface area (Å²) in [6, 6.07) is -0.524. The van der Waals surface area contributed by atoms with Crippen LogP contribution < -0.4 is 16.4 Å². The predicted octanol–water partition coefficient (Wildman–Crippen LogP) is 2.17. The van der Waals surface area contributed by atoms with Crippen LogP contribution in [0, 0.1) is 5.92 Å². The van der Waals surface area contributed by atoms with E-state index in [2.05, 4.69) is 17.6 Å². The number of hydrogen-bond donors (Lipinski definition) is 3. The lowest BCUT2D eigenvalue weighted by molar-refractivity contribution is -0.135. The summed E-state index contributed by atoms with van der Waals surface area (Å²) in [5.74, 6) is -0.816. The number of thiophene rings is 1. The predicted molar refractivity (Wildman–Crippen MR) is 109 cm³/mol. The Hall–Kier alpha value is -2.42. The number of primary amides is 1. The van der Waals surface area contributed by atoms with Crippen LogP contribution in [0.1, 0.15) is 66.2 Å². The quantitative estimate of drug-likeness (QED) is 0.634. The first-order valence-corrected chi connectivity index (χ1v) is 11.0. The number of hydrogen-bond acceptors (Lipinski definition) is 5. The number of nitrogens with two attached hydrogens (primary N) is 1. The van der Waals surface area contributed by atoms with Gasteiger partial charge in [0.05, 0.1) is 5.56 Å². The fraction of sp³-hybridized carbons (Fsp3) is 0.600. The SMILES string of the molecule is CCC1CCC2(CC1)NC(=O)N(CC(=O)Nc1sc3c(c1C(N)=O)CCC3)C2=O. The highest BCUT2D eigenvalue weighted by atomic mass is 32.1. The summed E-state index contributed by atoms with van der Waals surface area (Å²) >= 11 is 1.35. The third-order valence-electron chi connectivity index (χ3n) is 6.50. The van der Waals surface area contributed by atoms with Gasteiger partial charge in [-0.05, 0) is 56.4 Å². The zero-order chi connectivity index (χ0) is 20.8. The van der Waals surface area contributed by atoms with Gasteiger partial charge in [0, 0.05) is 4.88 Å². The van der Waals surface area contributed by atoms with Crippen LogP contribution in [0.2, 0.25) is 0 Å². The number of aryl methyl sites for hydroxylation is 1. The van der Waals surface area contributed by atoms with Crippen molar-refractivity contribution in [2.75, 3.05) is 11.9 Å². The second-order valence-corrected chi connectivity index (χ2v) is 9.33. The third kappa shape index (κ3) is 3.41. The molecular formula is C20H26N4O4S. The minimum Gasteiger partial charge on any atom is -0.365 e.